The van der Waals surface area contributed by atoms with Crippen molar-refractivity contribution in [3.63, 3.8) is 0 Å². The number of hydrogen-bond acceptors (Lipinski definition) is 3. The van der Waals surface area contributed by atoms with Crippen molar-refractivity contribution < 1.29 is 9.47 Å². The summed E-state index contributed by atoms with van der Waals surface area (Å²) in [5.74, 6) is -0.353. The Morgan fingerprint density at radius 2 is 1.89 bits per heavy atom. The van der Waals surface area contributed by atoms with E-state index in [1.54, 1.807) is 0 Å². The Kier molecular flexibility index (Phi) is 3.34. The average molecular weight is 282 g/mol. The predicted octanol–water partition coefficient (Wildman–Crippen LogP) is 2.92. The van der Waals surface area contributed by atoms with E-state index in [1.165, 1.54) is 5.56 Å². The highest BCUT2D eigenvalue weighted by Crippen LogP contribution is 2.36. The van der Waals surface area contributed by atoms with Crippen molar-refractivity contribution in [3.05, 3.63) is 34.9 Å². The van der Waals surface area contributed by atoms with E-state index in [-0.39, 0.29) is 11.2 Å². The molecule has 0 aromatic heterocycles. The van der Waals surface area contributed by atoms with Gasteiger partial charge in [-0.15, -0.1) is 0 Å². The molecule has 0 atom stereocenters. The Hall–Kier alpha value is -0.610. The predicted molar refractivity (Wildman–Crippen MR) is 75.1 cm³/mol. The standard InChI is InChI=1S/C15H20ClNO2/c1-14(2)10-18-15(19-11-14)8-17(9-15)7-12-4-3-5-13(16)6-12/h3-6H,7-11H2,1-2H3. The van der Waals surface area contributed by atoms with Gasteiger partial charge in [0.05, 0.1) is 26.3 Å². The minimum atomic E-state index is -0.353. The smallest absolute Gasteiger partial charge is 0.193 e. The highest BCUT2D eigenvalue weighted by Gasteiger charge is 2.49. The van der Waals surface area contributed by atoms with E-state index in [1.807, 2.05) is 18.2 Å². The first-order valence-corrected chi connectivity index (χ1v) is 7.09. The largest absolute Gasteiger partial charge is 0.347 e. The van der Waals surface area contributed by atoms with Gasteiger partial charge in [0.15, 0.2) is 5.79 Å². The van der Waals surface area contributed by atoms with Crippen LogP contribution in [0, 0.1) is 5.41 Å². The highest BCUT2D eigenvalue weighted by molar-refractivity contribution is 6.30. The SMILES string of the molecule is CC1(C)COC2(CN(Cc3cccc(Cl)c3)C2)OC1. The summed E-state index contributed by atoms with van der Waals surface area (Å²) in [5.41, 5.74) is 1.37. The van der Waals surface area contributed by atoms with Crippen LogP contribution in [-0.2, 0) is 16.0 Å². The Bertz CT molecular complexity index is 457. The van der Waals surface area contributed by atoms with Crippen molar-refractivity contribution >= 4 is 11.6 Å². The van der Waals surface area contributed by atoms with Crippen LogP contribution in [0.5, 0.6) is 0 Å². The normalized spacial score (nSPS) is 25.2. The van der Waals surface area contributed by atoms with Crippen LogP contribution in [0.3, 0.4) is 0 Å². The van der Waals surface area contributed by atoms with E-state index in [0.717, 1.165) is 37.9 Å². The second kappa shape index (κ2) is 4.74. The Morgan fingerprint density at radius 3 is 2.53 bits per heavy atom. The molecule has 0 N–H and O–H groups in total. The van der Waals surface area contributed by atoms with Crippen LogP contribution in [0.1, 0.15) is 19.4 Å². The van der Waals surface area contributed by atoms with Crippen molar-refractivity contribution in [3.8, 4) is 0 Å². The van der Waals surface area contributed by atoms with Crippen molar-refractivity contribution in [1.29, 1.82) is 0 Å². The molecular weight excluding hydrogens is 262 g/mol. The molecule has 2 fully saturated rings. The number of hydrogen-bond donors (Lipinski definition) is 0. The quantitative estimate of drug-likeness (QED) is 0.832. The molecule has 1 aromatic rings. The minimum absolute atomic E-state index is 0.138. The maximum absolute atomic E-state index is 6.00. The van der Waals surface area contributed by atoms with Gasteiger partial charge < -0.3 is 9.47 Å². The van der Waals surface area contributed by atoms with Gasteiger partial charge in [0.25, 0.3) is 0 Å². The number of nitrogens with zero attached hydrogens (tertiary/aromatic N) is 1. The van der Waals surface area contributed by atoms with Gasteiger partial charge in [-0.3, -0.25) is 4.90 Å². The third-order valence-corrected chi connectivity index (χ3v) is 3.91. The molecule has 2 aliphatic heterocycles. The fourth-order valence-corrected chi connectivity index (χ4v) is 2.77. The van der Waals surface area contributed by atoms with E-state index < -0.39 is 0 Å². The summed E-state index contributed by atoms with van der Waals surface area (Å²) in [5, 5.41) is 0.791. The van der Waals surface area contributed by atoms with Gasteiger partial charge in [0.2, 0.25) is 0 Å². The van der Waals surface area contributed by atoms with E-state index in [0.29, 0.717) is 0 Å². The summed E-state index contributed by atoms with van der Waals surface area (Å²) in [7, 11) is 0. The number of benzene rings is 1. The molecule has 2 saturated heterocycles. The molecule has 2 aliphatic rings. The maximum atomic E-state index is 6.00. The van der Waals surface area contributed by atoms with Gasteiger partial charge in [-0.2, -0.15) is 0 Å². The first-order valence-electron chi connectivity index (χ1n) is 6.71. The fourth-order valence-electron chi connectivity index (χ4n) is 2.56. The average Bonchev–Trinajstić information content (AvgIpc) is 2.30. The zero-order chi connectivity index (χ0) is 13.5. The minimum Gasteiger partial charge on any atom is -0.347 e. The molecule has 104 valence electrons. The molecule has 0 amide bonds. The molecule has 1 spiro atoms. The van der Waals surface area contributed by atoms with Gasteiger partial charge >= 0.3 is 0 Å². The topological polar surface area (TPSA) is 21.7 Å². The summed E-state index contributed by atoms with van der Waals surface area (Å²) in [4.78, 5) is 2.32. The summed E-state index contributed by atoms with van der Waals surface area (Å²) >= 11 is 6.00. The molecule has 3 nitrogen and oxygen atoms in total. The van der Waals surface area contributed by atoms with Gasteiger partial charge in [-0.1, -0.05) is 37.6 Å². The summed E-state index contributed by atoms with van der Waals surface area (Å²) < 4.78 is 11.8. The summed E-state index contributed by atoms with van der Waals surface area (Å²) in [6.07, 6.45) is 0. The molecule has 0 unspecified atom stereocenters. The molecule has 0 bridgehead atoms. The maximum Gasteiger partial charge on any atom is 0.193 e. The van der Waals surface area contributed by atoms with Crippen LogP contribution in [0.4, 0.5) is 0 Å². The van der Waals surface area contributed by atoms with Crippen molar-refractivity contribution in [2.75, 3.05) is 26.3 Å². The molecule has 1 aromatic carbocycles. The van der Waals surface area contributed by atoms with E-state index in [2.05, 4.69) is 24.8 Å². The second-order valence-corrected chi connectivity index (χ2v) is 6.86. The lowest BCUT2D eigenvalue weighted by atomic mass is 9.93. The number of likely N-dealkylation sites (tertiary alicyclic amines) is 1. The fraction of sp³-hybridized carbons (Fsp3) is 0.600. The Balaban J connectivity index is 1.53. The Labute approximate surface area is 119 Å². The molecule has 3 rings (SSSR count). The molecule has 0 radical (unpaired) electrons. The van der Waals surface area contributed by atoms with E-state index in [9.17, 15) is 0 Å². The summed E-state index contributed by atoms with van der Waals surface area (Å²) in [6, 6.07) is 8.00. The lowest BCUT2D eigenvalue weighted by Crippen LogP contribution is -2.67. The van der Waals surface area contributed by atoms with E-state index >= 15 is 0 Å². The third-order valence-electron chi connectivity index (χ3n) is 3.68. The monoisotopic (exact) mass is 281 g/mol. The first kappa shape index (κ1) is 13.4. The number of ether oxygens (including phenoxy) is 2. The van der Waals surface area contributed by atoms with Crippen LogP contribution in [0.15, 0.2) is 24.3 Å². The van der Waals surface area contributed by atoms with Crippen LogP contribution < -0.4 is 0 Å². The van der Waals surface area contributed by atoms with Crippen LogP contribution in [0.25, 0.3) is 0 Å². The lowest BCUT2D eigenvalue weighted by molar-refractivity contribution is -0.346. The van der Waals surface area contributed by atoms with Crippen LogP contribution >= 0.6 is 11.6 Å². The van der Waals surface area contributed by atoms with Gasteiger partial charge in [-0.25, -0.2) is 0 Å². The lowest BCUT2D eigenvalue weighted by Gasteiger charge is -2.53. The number of halogens is 1. The van der Waals surface area contributed by atoms with E-state index in [4.69, 9.17) is 21.1 Å². The van der Waals surface area contributed by atoms with Crippen molar-refractivity contribution in [2.24, 2.45) is 5.41 Å². The van der Waals surface area contributed by atoms with Crippen molar-refractivity contribution in [2.45, 2.75) is 26.2 Å². The number of rotatable bonds is 2. The van der Waals surface area contributed by atoms with Crippen LogP contribution in [-0.4, -0.2) is 37.0 Å². The van der Waals surface area contributed by atoms with Gasteiger partial charge in [-0.05, 0) is 17.7 Å². The zero-order valence-electron chi connectivity index (χ0n) is 11.5. The summed E-state index contributed by atoms with van der Waals surface area (Å²) in [6.45, 7) is 8.48. The molecule has 2 heterocycles. The molecule has 19 heavy (non-hydrogen) atoms. The van der Waals surface area contributed by atoms with Gasteiger partial charge in [0.1, 0.15) is 0 Å². The first-order chi connectivity index (χ1) is 8.96. The van der Waals surface area contributed by atoms with Gasteiger partial charge in [0, 0.05) is 17.0 Å². The van der Waals surface area contributed by atoms with Crippen LogP contribution in [0.2, 0.25) is 5.02 Å². The zero-order valence-corrected chi connectivity index (χ0v) is 12.2. The highest BCUT2D eigenvalue weighted by atomic mass is 35.5. The molecule has 0 saturated carbocycles. The molecule has 0 aliphatic carbocycles. The van der Waals surface area contributed by atoms with Crippen molar-refractivity contribution in [1.82, 2.24) is 4.90 Å². The second-order valence-electron chi connectivity index (χ2n) is 6.43. The molecule has 4 heteroatoms. The third kappa shape index (κ3) is 2.95. The Morgan fingerprint density at radius 1 is 1.21 bits per heavy atom. The molecular formula is C15H20ClNO2.